The number of nitrogens with one attached hydrogen (secondary N) is 1. The zero-order valence-electron chi connectivity index (χ0n) is 12.7. The fourth-order valence-electron chi connectivity index (χ4n) is 2.59. The molecule has 1 amide bonds. The number of rotatable bonds is 5. The Morgan fingerprint density at radius 3 is 2.91 bits per heavy atom. The van der Waals surface area contributed by atoms with Crippen LogP contribution in [0.4, 0.5) is 0 Å². The second-order valence-electron chi connectivity index (χ2n) is 5.36. The molecule has 3 rings (SSSR count). The largest absolute Gasteiger partial charge is 0.341 e. The molecule has 0 unspecified atom stereocenters. The Labute approximate surface area is 133 Å². The average molecular weight is 313 g/mol. The van der Waals surface area contributed by atoms with Gasteiger partial charge in [0.25, 0.3) is 5.91 Å². The van der Waals surface area contributed by atoms with Crippen LogP contribution in [0.5, 0.6) is 0 Å². The van der Waals surface area contributed by atoms with Crippen LogP contribution < -0.4 is 5.32 Å². The van der Waals surface area contributed by atoms with Crippen LogP contribution >= 0.6 is 11.3 Å². The summed E-state index contributed by atoms with van der Waals surface area (Å²) in [6.45, 7) is 2.11. The van der Waals surface area contributed by atoms with Crippen molar-refractivity contribution in [3.05, 3.63) is 53.4 Å². The number of benzene rings is 1. The van der Waals surface area contributed by atoms with Crippen LogP contribution in [0.25, 0.3) is 10.1 Å². The summed E-state index contributed by atoms with van der Waals surface area (Å²) in [4.78, 5) is 17.7. The van der Waals surface area contributed by atoms with Gasteiger partial charge in [-0.1, -0.05) is 31.5 Å². The quantitative estimate of drug-likeness (QED) is 0.776. The van der Waals surface area contributed by atoms with Crippen LogP contribution in [-0.2, 0) is 7.05 Å². The summed E-state index contributed by atoms with van der Waals surface area (Å²) in [6.07, 6.45) is 5.54. The molecular formula is C17H19N3OS. The highest BCUT2D eigenvalue weighted by Gasteiger charge is 2.19. The van der Waals surface area contributed by atoms with E-state index in [9.17, 15) is 4.79 Å². The standard InChI is InChI=1S/C17H19N3OS/c1-3-6-13(16-18-9-10-20(16)2)19-17(21)15-11-12-7-4-5-8-14(12)22-15/h4-5,7-11,13H,3,6H2,1-2H3,(H,19,21)/t13-/m1/s1. The van der Waals surface area contributed by atoms with E-state index in [1.54, 1.807) is 6.20 Å². The number of aryl methyl sites for hydroxylation is 1. The topological polar surface area (TPSA) is 46.9 Å². The number of carbonyl (C=O) groups is 1. The third-order valence-corrected chi connectivity index (χ3v) is 4.82. The minimum Gasteiger partial charge on any atom is -0.341 e. The van der Waals surface area contributed by atoms with Gasteiger partial charge in [-0.3, -0.25) is 4.79 Å². The molecule has 0 spiro atoms. The molecular weight excluding hydrogens is 294 g/mol. The molecule has 0 saturated carbocycles. The van der Waals surface area contributed by atoms with Gasteiger partial charge in [-0.25, -0.2) is 4.98 Å². The summed E-state index contributed by atoms with van der Waals surface area (Å²) in [7, 11) is 1.95. The van der Waals surface area contributed by atoms with Crippen molar-refractivity contribution in [2.75, 3.05) is 0 Å². The van der Waals surface area contributed by atoms with E-state index in [2.05, 4.69) is 17.2 Å². The molecule has 0 aliphatic heterocycles. The molecule has 3 aromatic rings. The van der Waals surface area contributed by atoms with E-state index in [-0.39, 0.29) is 11.9 Å². The first-order valence-electron chi connectivity index (χ1n) is 7.45. The molecule has 4 nitrogen and oxygen atoms in total. The fraction of sp³-hybridized carbons (Fsp3) is 0.294. The molecule has 114 valence electrons. The van der Waals surface area contributed by atoms with Crippen molar-refractivity contribution in [1.82, 2.24) is 14.9 Å². The maximum absolute atomic E-state index is 12.6. The number of fused-ring (bicyclic) bond motifs is 1. The summed E-state index contributed by atoms with van der Waals surface area (Å²) in [5.41, 5.74) is 0. The molecule has 0 radical (unpaired) electrons. The predicted molar refractivity (Wildman–Crippen MR) is 90.1 cm³/mol. The van der Waals surface area contributed by atoms with E-state index >= 15 is 0 Å². The average Bonchev–Trinajstić information content (AvgIpc) is 3.12. The summed E-state index contributed by atoms with van der Waals surface area (Å²) in [6, 6.07) is 9.96. The van der Waals surface area contributed by atoms with Crippen LogP contribution in [0.15, 0.2) is 42.7 Å². The molecule has 2 heterocycles. The third-order valence-electron chi connectivity index (χ3n) is 3.70. The molecule has 0 aliphatic rings. The lowest BCUT2D eigenvalue weighted by Crippen LogP contribution is -2.29. The van der Waals surface area contributed by atoms with Crippen molar-refractivity contribution >= 4 is 27.3 Å². The van der Waals surface area contributed by atoms with Crippen LogP contribution in [0.1, 0.15) is 41.3 Å². The van der Waals surface area contributed by atoms with Crippen molar-refractivity contribution in [1.29, 1.82) is 0 Å². The first-order chi connectivity index (χ1) is 10.7. The second kappa shape index (κ2) is 6.32. The molecule has 2 aromatic heterocycles. The SMILES string of the molecule is CCC[C@@H](NC(=O)c1cc2ccccc2s1)c1nccn1C. The monoisotopic (exact) mass is 313 g/mol. The van der Waals surface area contributed by atoms with Gasteiger partial charge < -0.3 is 9.88 Å². The highest BCUT2D eigenvalue weighted by molar-refractivity contribution is 7.20. The maximum atomic E-state index is 12.6. The smallest absolute Gasteiger partial charge is 0.261 e. The van der Waals surface area contributed by atoms with Crippen molar-refractivity contribution in [2.45, 2.75) is 25.8 Å². The number of imidazole rings is 1. The van der Waals surface area contributed by atoms with Gasteiger partial charge in [0.1, 0.15) is 5.82 Å². The lowest BCUT2D eigenvalue weighted by molar-refractivity contribution is 0.0936. The number of aromatic nitrogens is 2. The molecule has 0 fully saturated rings. The zero-order valence-corrected chi connectivity index (χ0v) is 13.6. The zero-order chi connectivity index (χ0) is 15.5. The molecule has 5 heteroatoms. The van der Waals surface area contributed by atoms with E-state index in [1.807, 2.05) is 48.1 Å². The number of thiophene rings is 1. The van der Waals surface area contributed by atoms with Gasteiger partial charge in [-0.15, -0.1) is 11.3 Å². The Kier molecular flexibility index (Phi) is 4.24. The lowest BCUT2D eigenvalue weighted by atomic mass is 10.1. The summed E-state index contributed by atoms with van der Waals surface area (Å²) >= 11 is 1.53. The minimum atomic E-state index is -0.0530. The Hall–Kier alpha value is -2.14. The minimum absolute atomic E-state index is 0.0253. The van der Waals surface area contributed by atoms with Gasteiger partial charge in [-0.2, -0.15) is 0 Å². The number of hydrogen-bond acceptors (Lipinski definition) is 3. The Morgan fingerprint density at radius 2 is 2.23 bits per heavy atom. The Bertz CT molecular complexity index is 757. The van der Waals surface area contributed by atoms with Gasteiger partial charge in [0.2, 0.25) is 0 Å². The normalized spacial score (nSPS) is 12.5. The van der Waals surface area contributed by atoms with Crippen LogP contribution in [0.3, 0.4) is 0 Å². The molecule has 22 heavy (non-hydrogen) atoms. The van der Waals surface area contributed by atoms with E-state index < -0.39 is 0 Å². The Morgan fingerprint density at radius 1 is 1.41 bits per heavy atom. The third kappa shape index (κ3) is 2.90. The lowest BCUT2D eigenvalue weighted by Gasteiger charge is -2.17. The predicted octanol–water partition coefficient (Wildman–Crippen LogP) is 3.91. The van der Waals surface area contributed by atoms with Crippen molar-refractivity contribution in [3.63, 3.8) is 0 Å². The van der Waals surface area contributed by atoms with Gasteiger partial charge in [0, 0.05) is 24.1 Å². The first kappa shape index (κ1) is 14.8. The van der Waals surface area contributed by atoms with E-state index in [0.29, 0.717) is 0 Å². The van der Waals surface area contributed by atoms with E-state index in [4.69, 9.17) is 0 Å². The van der Waals surface area contributed by atoms with Crippen molar-refractivity contribution in [2.24, 2.45) is 7.05 Å². The van der Waals surface area contributed by atoms with Crippen LogP contribution in [-0.4, -0.2) is 15.5 Å². The van der Waals surface area contributed by atoms with Crippen LogP contribution in [0, 0.1) is 0 Å². The van der Waals surface area contributed by atoms with Gasteiger partial charge in [0.15, 0.2) is 0 Å². The van der Waals surface area contributed by atoms with Crippen molar-refractivity contribution < 1.29 is 4.79 Å². The van der Waals surface area contributed by atoms with Gasteiger partial charge in [-0.05, 0) is 23.9 Å². The molecule has 0 bridgehead atoms. The number of hydrogen-bond donors (Lipinski definition) is 1. The maximum Gasteiger partial charge on any atom is 0.261 e. The van der Waals surface area contributed by atoms with Gasteiger partial charge >= 0.3 is 0 Å². The van der Waals surface area contributed by atoms with Crippen molar-refractivity contribution in [3.8, 4) is 0 Å². The summed E-state index contributed by atoms with van der Waals surface area (Å²) < 4.78 is 3.10. The molecule has 1 atom stereocenters. The number of nitrogens with zero attached hydrogens (tertiary/aromatic N) is 2. The molecule has 1 aromatic carbocycles. The molecule has 1 N–H and O–H groups in total. The highest BCUT2D eigenvalue weighted by atomic mass is 32.1. The summed E-state index contributed by atoms with van der Waals surface area (Å²) in [5, 5.41) is 4.24. The second-order valence-corrected chi connectivity index (χ2v) is 6.44. The number of carbonyl (C=O) groups excluding carboxylic acids is 1. The first-order valence-corrected chi connectivity index (χ1v) is 8.27. The van der Waals surface area contributed by atoms with Crippen LogP contribution in [0.2, 0.25) is 0 Å². The fourth-order valence-corrected chi connectivity index (χ4v) is 3.56. The molecule has 0 saturated heterocycles. The van der Waals surface area contributed by atoms with Gasteiger partial charge in [0.05, 0.1) is 10.9 Å². The number of amides is 1. The van der Waals surface area contributed by atoms with E-state index in [0.717, 1.165) is 33.6 Å². The Balaban J connectivity index is 1.83. The summed E-state index contributed by atoms with van der Waals surface area (Å²) in [5.74, 6) is 0.874. The molecule has 0 aliphatic carbocycles. The highest BCUT2D eigenvalue weighted by Crippen LogP contribution is 2.26. The van der Waals surface area contributed by atoms with E-state index in [1.165, 1.54) is 11.3 Å².